The van der Waals surface area contributed by atoms with Gasteiger partial charge in [-0.3, -0.25) is 4.79 Å². The molecule has 24 heavy (non-hydrogen) atoms. The molecule has 0 amide bonds. The molecule has 0 heterocycles. The molecule has 2 aromatic carbocycles. The average molecular weight is 328 g/mol. The monoisotopic (exact) mass is 328 g/mol. The topological polar surface area (TPSA) is 52.6 Å². The Morgan fingerprint density at radius 2 is 1.96 bits per heavy atom. The Hall–Kier alpha value is -2.95. The number of esters is 1. The Balaban J connectivity index is 1.96. The van der Waals surface area contributed by atoms with Crippen molar-refractivity contribution in [1.29, 1.82) is 0 Å². The summed E-state index contributed by atoms with van der Waals surface area (Å²) in [4.78, 5) is 23.7. The predicted octanol–water partition coefficient (Wildman–Crippen LogP) is 3.58. The van der Waals surface area contributed by atoms with Crippen molar-refractivity contribution in [3.8, 4) is 5.75 Å². The van der Waals surface area contributed by atoms with Crippen molar-refractivity contribution >= 4 is 17.8 Å². The van der Waals surface area contributed by atoms with Crippen molar-refractivity contribution in [3.05, 3.63) is 71.0 Å². The van der Waals surface area contributed by atoms with Gasteiger partial charge in [-0.2, -0.15) is 0 Å². The molecular formula is C19H17FO4. The molecule has 0 fully saturated rings. The third-order valence-electron chi connectivity index (χ3n) is 3.26. The number of ketones is 1. The van der Waals surface area contributed by atoms with Crippen LogP contribution in [0.15, 0.2) is 48.5 Å². The van der Waals surface area contributed by atoms with E-state index < -0.39 is 24.2 Å². The van der Waals surface area contributed by atoms with Gasteiger partial charge in [-0.05, 0) is 36.8 Å². The zero-order chi connectivity index (χ0) is 17.5. The number of rotatable bonds is 6. The van der Waals surface area contributed by atoms with Crippen molar-refractivity contribution in [2.24, 2.45) is 0 Å². The summed E-state index contributed by atoms with van der Waals surface area (Å²) < 4.78 is 23.2. The minimum atomic E-state index is -0.653. The van der Waals surface area contributed by atoms with Crippen LogP contribution in [0.4, 0.5) is 4.39 Å². The van der Waals surface area contributed by atoms with Crippen molar-refractivity contribution in [1.82, 2.24) is 0 Å². The predicted molar refractivity (Wildman–Crippen MR) is 88.5 cm³/mol. The lowest BCUT2D eigenvalue weighted by molar-refractivity contribution is -0.136. The molecule has 0 unspecified atom stereocenters. The number of hydrogen-bond acceptors (Lipinski definition) is 4. The summed E-state index contributed by atoms with van der Waals surface area (Å²) in [5.41, 5.74) is 1.96. The van der Waals surface area contributed by atoms with E-state index in [9.17, 15) is 14.0 Å². The fourth-order valence-corrected chi connectivity index (χ4v) is 2.10. The van der Waals surface area contributed by atoms with E-state index in [2.05, 4.69) is 0 Å². The molecule has 2 rings (SSSR count). The van der Waals surface area contributed by atoms with Crippen LogP contribution >= 0.6 is 0 Å². The number of Topliss-reactive ketones (excluding diaryl/α,β-unsaturated/α-hetero) is 1. The molecule has 0 N–H and O–H groups in total. The van der Waals surface area contributed by atoms with Gasteiger partial charge in [0.15, 0.2) is 6.61 Å². The summed E-state index contributed by atoms with van der Waals surface area (Å²) in [6.45, 7) is 1.46. The van der Waals surface area contributed by atoms with Gasteiger partial charge in [-0.25, -0.2) is 9.18 Å². The van der Waals surface area contributed by atoms with E-state index in [-0.39, 0.29) is 11.3 Å². The van der Waals surface area contributed by atoms with E-state index in [0.717, 1.165) is 17.2 Å². The molecule has 0 bridgehead atoms. The molecular weight excluding hydrogens is 311 g/mol. The van der Waals surface area contributed by atoms with Crippen LogP contribution in [0.1, 0.15) is 21.5 Å². The largest absolute Gasteiger partial charge is 0.496 e. The van der Waals surface area contributed by atoms with E-state index in [4.69, 9.17) is 9.47 Å². The molecule has 0 aromatic heterocycles. The van der Waals surface area contributed by atoms with Gasteiger partial charge < -0.3 is 9.47 Å². The van der Waals surface area contributed by atoms with E-state index in [1.165, 1.54) is 25.3 Å². The van der Waals surface area contributed by atoms with Crippen LogP contribution in [0.25, 0.3) is 6.08 Å². The number of hydrogen-bond donors (Lipinski definition) is 0. The number of carbonyl (C=O) groups is 2. The fourth-order valence-electron chi connectivity index (χ4n) is 2.10. The molecule has 0 saturated carbocycles. The third kappa shape index (κ3) is 4.78. The summed E-state index contributed by atoms with van der Waals surface area (Å²) in [5.74, 6) is -1.53. The maximum absolute atomic E-state index is 13.3. The molecule has 0 aliphatic rings. The summed E-state index contributed by atoms with van der Waals surface area (Å²) in [6.07, 6.45) is 2.84. The number of halogens is 1. The van der Waals surface area contributed by atoms with E-state index >= 15 is 0 Å². The fraction of sp³-hybridized carbons (Fsp3) is 0.158. The number of ether oxygens (including phenoxy) is 2. The first kappa shape index (κ1) is 17.4. The number of benzene rings is 2. The molecule has 0 radical (unpaired) electrons. The second-order valence-electron chi connectivity index (χ2n) is 5.12. The van der Waals surface area contributed by atoms with E-state index in [1.807, 2.05) is 31.2 Å². The van der Waals surface area contributed by atoms with E-state index in [1.54, 1.807) is 6.08 Å². The Labute approximate surface area is 139 Å². The Morgan fingerprint density at radius 1 is 1.17 bits per heavy atom. The third-order valence-corrected chi connectivity index (χ3v) is 3.26. The lowest BCUT2D eigenvalue weighted by Gasteiger charge is -2.07. The molecule has 0 atom stereocenters. The summed E-state index contributed by atoms with van der Waals surface area (Å²) in [7, 11) is 1.38. The molecule has 2 aromatic rings. The quantitative estimate of drug-likeness (QED) is 0.462. The van der Waals surface area contributed by atoms with Gasteiger partial charge in [0.25, 0.3) is 0 Å². The molecule has 0 aliphatic heterocycles. The van der Waals surface area contributed by atoms with Crippen molar-refractivity contribution in [2.75, 3.05) is 13.7 Å². The average Bonchev–Trinajstić information content (AvgIpc) is 2.58. The van der Waals surface area contributed by atoms with E-state index in [0.29, 0.717) is 0 Å². The number of methoxy groups -OCH3 is 1. The molecule has 0 spiro atoms. The van der Waals surface area contributed by atoms with Crippen LogP contribution in [0.3, 0.4) is 0 Å². The van der Waals surface area contributed by atoms with Crippen LogP contribution in [0.2, 0.25) is 0 Å². The molecule has 5 heteroatoms. The van der Waals surface area contributed by atoms with Crippen LogP contribution in [-0.4, -0.2) is 25.5 Å². The lowest BCUT2D eigenvalue weighted by atomic mass is 10.1. The maximum Gasteiger partial charge on any atom is 0.331 e. The first-order valence-corrected chi connectivity index (χ1v) is 7.28. The van der Waals surface area contributed by atoms with Gasteiger partial charge >= 0.3 is 5.97 Å². The highest BCUT2D eigenvalue weighted by atomic mass is 19.1. The number of aryl methyl sites for hydroxylation is 1. The zero-order valence-corrected chi connectivity index (χ0v) is 13.4. The van der Waals surface area contributed by atoms with Gasteiger partial charge in [0.1, 0.15) is 11.6 Å². The highest BCUT2D eigenvalue weighted by Gasteiger charge is 2.15. The first-order chi connectivity index (χ1) is 11.5. The summed E-state index contributed by atoms with van der Waals surface area (Å²) >= 11 is 0. The Bertz CT molecular complexity index is 781. The normalized spacial score (nSPS) is 10.6. The van der Waals surface area contributed by atoms with Crippen LogP contribution in [-0.2, 0) is 9.53 Å². The Kier molecular flexibility index (Phi) is 5.84. The van der Waals surface area contributed by atoms with Crippen molar-refractivity contribution < 1.29 is 23.5 Å². The smallest absolute Gasteiger partial charge is 0.331 e. The SMILES string of the molecule is COc1ccc(F)cc1C(=O)COC(=O)/C=C/c1cccc(C)c1. The second-order valence-corrected chi connectivity index (χ2v) is 5.12. The zero-order valence-electron chi connectivity index (χ0n) is 13.4. The van der Waals surface area contributed by atoms with Gasteiger partial charge in [0.05, 0.1) is 12.7 Å². The van der Waals surface area contributed by atoms with Gasteiger partial charge in [-0.1, -0.05) is 29.8 Å². The minimum Gasteiger partial charge on any atom is -0.496 e. The number of carbonyl (C=O) groups excluding carboxylic acids is 2. The van der Waals surface area contributed by atoms with Gasteiger partial charge in [-0.15, -0.1) is 0 Å². The summed E-state index contributed by atoms with van der Waals surface area (Å²) in [5, 5.41) is 0. The minimum absolute atomic E-state index is 0.0352. The molecule has 0 aliphatic carbocycles. The maximum atomic E-state index is 13.3. The summed E-state index contributed by atoms with van der Waals surface area (Å²) in [6, 6.07) is 11.2. The lowest BCUT2D eigenvalue weighted by Crippen LogP contribution is -2.13. The molecule has 124 valence electrons. The van der Waals surface area contributed by atoms with Gasteiger partial charge in [0, 0.05) is 6.08 Å². The van der Waals surface area contributed by atoms with Crippen molar-refractivity contribution in [2.45, 2.75) is 6.92 Å². The highest BCUT2D eigenvalue weighted by Crippen LogP contribution is 2.20. The second kappa shape index (κ2) is 8.06. The standard InChI is InChI=1S/C19H17FO4/c1-13-4-3-5-14(10-13)6-9-19(22)24-12-17(21)16-11-15(20)7-8-18(16)23-2/h3-11H,12H2,1-2H3/b9-6+. The Morgan fingerprint density at radius 3 is 2.67 bits per heavy atom. The van der Waals surface area contributed by atoms with Gasteiger partial charge in [0.2, 0.25) is 5.78 Å². The first-order valence-electron chi connectivity index (χ1n) is 7.28. The van der Waals surface area contributed by atoms with Crippen LogP contribution < -0.4 is 4.74 Å². The van der Waals surface area contributed by atoms with Crippen molar-refractivity contribution in [3.63, 3.8) is 0 Å². The molecule has 0 saturated heterocycles. The molecule has 4 nitrogen and oxygen atoms in total. The highest BCUT2D eigenvalue weighted by molar-refractivity contribution is 6.01. The van der Waals surface area contributed by atoms with Crippen LogP contribution in [0, 0.1) is 12.7 Å². The van der Waals surface area contributed by atoms with Crippen LogP contribution in [0.5, 0.6) is 5.75 Å².